The summed E-state index contributed by atoms with van der Waals surface area (Å²) >= 11 is 12.2. The molecule has 0 unspecified atom stereocenters. The lowest BCUT2D eigenvalue weighted by Crippen LogP contribution is -2.06. The van der Waals surface area contributed by atoms with E-state index in [9.17, 15) is 0 Å². The van der Waals surface area contributed by atoms with Crippen molar-refractivity contribution in [2.75, 3.05) is 0 Å². The van der Waals surface area contributed by atoms with E-state index < -0.39 is 0 Å². The Hall–Kier alpha value is -2.12. The van der Waals surface area contributed by atoms with Gasteiger partial charge in [-0.05, 0) is 48.9 Å². The number of hydrogen-bond donors (Lipinski definition) is 1. The van der Waals surface area contributed by atoms with E-state index in [-0.39, 0.29) is 6.04 Å². The Morgan fingerprint density at radius 1 is 1.20 bits per heavy atom. The van der Waals surface area contributed by atoms with Crippen LogP contribution in [0.15, 0.2) is 18.2 Å². The zero-order chi connectivity index (χ0) is 18.0. The van der Waals surface area contributed by atoms with Crippen molar-refractivity contribution < 1.29 is 4.74 Å². The van der Waals surface area contributed by atoms with Crippen molar-refractivity contribution in [1.82, 2.24) is 30.4 Å². The number of tetrazole rings is 1. The maximum Gasteiger partial charge on any atom is 0.221 e. The van der Waals surface area contributed by atoms with Gasteiger partial charge in [0.25, 0.3) is 0 Å². The second kappa shape index (κ2) is 7.41. The third-order valence-corrected chi connectivity index (χ3v) is 4.10. The van der Waals surface area contributed by atoms with Gasteiger partial charge in [0.05, 0.1) is 18.2 Å². The summed E-state index contributed by atoms with van der Waals surface area (Å²) in [7, 11) is 0. The molecule has 0 amide bonds. The topological polar surface area (TPSA) is 81.5 Å². The van der Waals surface area contributed by atoms with Gasteiger partial charge in [0.2, 0.25) is 5.88 Å². The highest BCUT2D eigenvalue weighted by Crippen LogP contribution is 2.34. The summed E-state index contributed by atoms with van der Waals surface area (Å²) in [6, 6.07) is 5.24. The van der Waals surface area contributed by atoms with Crippen molar-refractivity contribution >= 4 is 23.2 Å². The number of aromatic amines is 1. The van der Waals surface area contributed by atoms with Gasteiger partial charge in [0.15, 0.2) is 5.82 Å². The molecule has 1 aromatic carbocycles. The SMILES string of the molecule is CCc1c(Cc2nnn[nH]2)nn(C(C)C)c1Oc1cc(Cl)cc(Cl)c1. The first-order valence-corrected chi connectivity index (χ1v) is 8.70. The summed E-state index contributed by atoms with van der Waals surface area (Å²) in [5.74, 6) is 1.90. The molecule has 2 heterocycles. The molecule has 0 aliphatic carbocycles. The van der Waals surface area contributed by atoms with E-state index in [1.807, 2.05) is 18.5 Å². The number of rotatable bonds is 6. The van der Waals surface area contributed by atoms with Crippen molar-refractivity contribution in [2.24, 2.45) is 0 Å². The summed E-state index contributed by atoms with van der Waals surface area (Å²) in [6.45, 7) is 6.15. The Morgan fingerprint density at radius 3 is 2.48 bits per heavy atom. The molecule has 0 aliphatic heterocycles. The van der Waals surface area contributed by atoms with Crippen molar-refractivity contribution in [3.05, 3.63) is 45.3 Å². The molecule has 0 bridgehead atoms. The Labute approximate surface area is 155 Å². The van der Waals surface area contributed by atoms with Crippen LogP contribution in [-0.2, 0) is 12.8 Å². The molecule has 25 heavy (non-hydrogen) atoms. The highest BCUT2D eigenvalue weighted by molar-refractivity contribution is 6.34. The second-order valence-corrected chi connectivity index (χ2v) is 6.73. The molecule has 3 rings (SSSR count). The lowest BCUT2D eigenvalue weighted by Gasteiger charge is -2.13. The summed E-state index contributed by atoms with van der Waals surface area (Å²) in [6.07, 6.45) is 1.26. The Bertz CT molecular complexity index is 840. The fourth-order valence-corrected chi connectivity index (χ4v) is 3.07. The summed E-state index contributed by atoms with van der Waals surface area (Å²) < 4.78 is 7.98. The molecular weight excluding hydrogens is 363 g/mol. The van der Waals surface area contributed by atoms with E-state index in [1.54, 1.807) is 18.2 Å². The van der Waals surface area contributed by atoms with Crippen molar-refractivity contribution in [3.63, 3.8) is 0 Å². The van der Waals surface area contributed by atoms with Gasteiger partial charge in [0.1, 0.15) is 5.75 Å². The standard InChI is InChI=1S/C16H18Cl2N6O/c1-4-13-14(8-15-19-22-23-20-15)21-24(9(2)3)16(13)25-12-6-10(17)5-11(18)7-12/h5-7,9H,4,8H2,1-3H3,(H,19,20,22,23). The maximum atomic E-state index is 6.12. The molecule has 0 saturated heterocycles. The minimum atomic E-state index is 0.122. The molecule has 9 heteroatoms. The lowest BCUT2D eigenvalue weighted by atomic mass is 10.1. The van der Waals surface area contributed by atoms with Crippen LogP contribution in [-0.4, -0.2) is 30.4 Å². The van der Waals surface area contributed by atoms with Crippen LogP contribution in [0.25, 0.3) is 0 Å². The number of aromatic nitrogens is 6. The predicted octanol–water partition coefficient (Wildman–Crippen LogP) is 4.23. The van der Waals surface area contributed by atoms with Crippen LogP contribution in [0, 0.1) is 0 Å². The average Bonchev–Trinajstić information content (AvgIpc) is 3.14. The second-order valence-electron chi connectivity index (χ2n) is 5.85. The molecule has 0 fully saturated rings. The summed E-state index contributed by atoms with van der Waals surface area (Å²) in [4.78, 5) is 0. The Balaban J connectivity index is 2.02. The van der Waals surface area contributed by atoms with E-state index >= 15 is 0 Å². The average molecular weight is 381 g/mol. The number of H-pyrrole nitrogens is 1. The van der Waals surface area contributed by atoms with Crippen LogP contribution in [0.5, 0.6) is 11.6 Å². The van der Waals surface area contributed by atoms with Gasteiger partial charge < -0.3 is 4.74 Å². The van der Waals surface area contributed by atoms with Gasteiger partial charge in [0, 0.05) is 15.6 Å². The number of hydrogen-bond acceptors (Lipinski definition) is 5. The van der Waals surface area contributed by atoms with Crippen molar-refractivity contribution in [1.29, 1.82) is 0 Å². The quantitative estimate of drug-likeness (QED) is 0.691. The van der Waals surface area contributed by atoms with E-state index in [2.05, 4.69) is 27.5 Å². The Morgan fingerprint density at radius 2 is 1.92 bits per heavy atom. The van der Waals surface area contributed by atoms with Crippen LogP contribution in [0.3, 0.4) is 0 Å². The van der Waals surface area contributed by atoms with Gasteiger partial charge >= 0.3 is 0 Å². The first-order chi connectivity index (χ1) is 12.0. The Kier molecular flexibility index (Phi) is 5.24. The zero-order valence-corrected chi connectivity index (χ0v) is 15.6. The van der Waals surface area contributed by atoms with Gasteiger partial charge in [-0.3, -0.25) is 0 Å². The lowest BCUT2D eigenvalue weighted by molar-refractivity contribution is 0.385. The third-order valence-electron chi connectivity index (χ3n) is 3.66. The first-order valence-electron chi connectivity index (χ1n) is 7.94. The van der Waals surface area contributed by atoms with Gasteiger partial charge in [-0.25, -0.2) is 9.78 Å². The van der Waals surface area contributed by atoms with Crippen molar-refractivity contribution in [2.45, 2.75) is 39.7 Å². The summed E-state index contributed by atoms with van der Waals surface area (Å²) in [5, 5.41) is 19.7. The zero-order valence-electron chi connectivity index (χ0n) is 14.1. The molecule has 2 aromatic heterocycles. The number of nitrogens with one attached hydrogen (secondary N) is 1. The molecule has 3 aromatic rings. The van der Waals surface area contributed by atoms with Crippen LogP contribution >= 0.6 is 23.2 Å². The number of benzene rings is 1. The van der Waals surface area contributed by atoms with Crippen LogP contribution in [0.2, 0.25) is 10.0 Å². The highest BCUT2D eigenvalue weighted by atomic mass is 35.5. The predicted molar refractivity (Wildman–Crippen MR) is 95.5 cm³/mol. The smallest absolute Gasteiger partial charge is 0.221 e. The minimum absolute atomic E-state index is 0.122. The first kappa shape index (κ1) is 17.7. The van der Waals surface area contributed by atoms with E-state index in [0.29, 0.717) is 33.9 Å². The minimum Gasteiger partial charge on any atom is -0.439 e. The van der Waals surface area contributed by atoms with Gasteiger partial charge in [-0.1, -0.05) is 30.1 Å². The molecule has 1 N–H and O–H groups in total. The fraction of sp³-hybridized carbons (Fsp3) is 0.375. The number of halogens is 2. The van der Waals surface area contributed by atoms with Crippen LogP contribution in [0.4, 0.5) is 0 Å². The molecule has 0 radical (unpaired) electrons. The third kappa shape index (κ3) is 3.93. The molecule has 0 spiro atoms. The van der Waals surface area contributed by atoms with E-state index in [4.69, 9.17) is 33.0 Å². The molecule has 132 valence electrons. The summed E-state index contributed by atoms with van der Waals surface area (Å²) in [5.41, 5.74) is 1.87. The van der Waals surface area contributed by atoms with E-state index in [1.165, 1.54) is 0 Å². The number of ether oxygens (including phenoxy) is 1. The maximum absolute atomic E-state index is 6.12. The molecule has 0 atom stereocenters. The highest BCUT2D eigenvalue weighted by Gasteiger charge is 2.21. The van der Waals surface area contributed by atoms with E-state index in [0.717, 1.165) is 17.7 Å². The number of nitrogens with zero attached hydrogens (tertiary/aromatic N) is 5. The molecule has 7 nitrogen and oxygen atoms in total. The van der Waals surface area contributed by atoms with Crippen LogP contribution < -0.4 is 4.74 Å². The molecule has 0 saturated carbocycles. The molecule has 0 aliphatic rings. The molecular formula is C16H18Cl2N6O. The normalized spacial score (nSPS) is 11.3. The monoisotopic (exact) mass is 380 g/mol. The fourth-order valence-electron chi connectivity index (χ4n) is 2.56. The van der Waals surface area contributed by atoms with Gasteiger partial charge in [-0.15, -0.1) is 5.10 Å². The largest absolute Gasteiger partial charge is 0.439 e. The van der Waals surface area contributed by atoms with Crippen LogP contribution in [0.1, 0.15) is 43.9 Å². The van der Waals surface area contributed by atoms with Gasteiger partial charge in [-0.2, -0.15) is 5.10 Å². The van der Waals surface area contributed by atoms with Crippen molar-refractivity contribution in [3.8, 4) is 11.6 Å².